The van der Waals surface area contributed by atoms with Gasteiger partial charge in [-0.05, 0) is 48.4 Å². The van der Waals surface area contributed by atoms with E-state index in [4.69, 9.17) is 4.99 Å². The fraction of sp³-hybridized carbons (Fsp3) is 0.233. The van der Waals surface area contributed by atoms with Gasteiger partial charge in [0.2, 0.25) is 0 Å². The van der Waals surface area contributed by atoms with E-state index in [-0.39, 0.29) is 54.0 Å². The Bertz CT molecular complexity index is 1350. The second-order valence-electron chi connectivity index (χ2n) is 9.65. The predicted molar refractivity (Wildman–Crippen MR) is 137 cm³/mol. The minimum Gasteiger partial charge on any atom is -0.657 e. The molecule has 7 heteroatoms. The van der Waals surface area contributed by atoms with E-state index < -0.39 is 17.8 Å². The second kappa shape index (κ2) is 10.2. The van der Waals surface area contributed by atoms with Crippen molar-refractivity contribution in [3.63, 3.8) is 0 Å². The molecule has 0 aromatic heterocycles. The Morgan fingerprint density at radius 2 is 1.59 bits per heavy atom. The molecule has 2 aliphatic heterocycles. The van der Waals surface area contributed by atoms with Crippen LogP contribution in [0.4, 0.5) is 24.5 Å². The summed E-state index contributed by atoms with van der Waals surface area (Å²) < 4.78 is 45.4. The first-order valence-corrected chi connectivity index (χ1v) is 12.2. The van der Waals surface area contributed by atoms with E-state index in [0.29, 0.717) is 33.9 Å². The maximum absolute atomic E-state index is 15.4. The first kappa shape index (κ1) is 25.8. The van der Waals surface area contributed by atoms with Crippen molar-refractivity contribution in [2.24, 2.45) is 10.9 Å². The summed E-state index contributed by atoms with van der Waals surface area (Å²) in [6.07, 6.45) is 1.47. The molecule has 3 aromatic rings. The van der Waals surface area contributed by atoms with Gasteiger partial charge in [0.1, 0.15) is 5.82 Å². The van der Waals surface area contributed by atoms with Crippen molar-refractivity contribution in [3.8, 4) is 0 Å². The molecule has 1 unspecified atom stereocenters. The summed E-state index contributed by atoms with van der Waals surface area (Å²) in [7, 11) is 0. The number of benzene rings is 3. The molecular weight excluding hydrogens is 482 g/mol. The summed E-state index contributed by atoms with van der Waals surface area (Å²) in [5, 5.41) is 7.63. The Balaban J connectivity index is 0.00000280. The number of nitrogens with one attached hydrogen (secondary N) is 1. The largest absolute Gasteiger partial charge is 1.00 e. The fourth-order valence-corrected chi connectivity index (χ4v) is 5.09. The van der Waals surface area contributed by atoms with Gasteiger partial charge >= 0.3 is 29.6 Å². The smallest absolute Gasteiger partial charge is 0.657 e. The molecule has 1 N–H and O–H groups in total. The van der Waals surface area contributed by atoms with Crippen LogP contribution >= 0.6 is 0 Å². The number of hydrogen-bond donors (Lipinski definition) is 1. The quantitative estimate of drug-likeness (QED) is 0.390. The molecule has 182 valence electrons. The Hall–Kier alpha value is -2.80. The molecule has 1 aliphatic carbocycles. The van der Waals surface area contributed by atoms with Crippen LogP contribution in [0.25, 0.3) is 11.0 Å². The van der Waals surface area contributed by atoms with Crippen LogP contribution in [-0.2, 0) is 0 Å². The summed E-state index contributed by atoms with van der Waals surface area (Å²) in [4.78, 5) is 4.76. The van der Waals surface area contributed by atoms with E-state index in [2.05, 4.69) is 17.2 Å². The van der Waals surface area contributed by atoms with Gasteiger partial charge in [-0.25, -0.2) is 18.2 Å². The SMILES string of the molecule is C=C1[N-]c2cc(F)c(N=C(c3ccccc3)c3ccccc3)cc2C2=C1CCC(F)(F)C(C1CC1)N2.[Na+]. The molecule has 3 nitrogen and oxygen atoms in total. The third kappa shape index (κ3) is 5.02. The van der Waals surface area contributed by atoms with Crippen LogP contribution in [-0.4, -0.2) is 17.7 Å². The van der Waals surface area contributed by atoms with Crippen LogP contribution < -0.4 is 34.9 Å². The Morgan fingerprint density at radius 3 is 2.19 bits per heavy atom. The molecule has 2 heterocycles. The van der Waals surface area contributed by atoms with Gasteiger partial charge in [-0.1, -0.05) is 60.7 Å². The number of aliphatic imine (C=N–C) groups is 1. The van der Waals surface area contributed by atoms with E-state index in [1.807, 2.05) is 60.7 Å². The summed E-state index contributed by atoms with van der Waals surface area (Å²) in [6, 6.07) is 21.2. The summed E-state index contributed by atoms with van der Waals surface area (Å²) in [5.41, 5.74) is 5.06. The van der Waals surface area contributed by atoms with Gasteiger partial charge in [0.05, 0.1) is 17.4 Å². The van der Waals surface area contributed by atoms with Crippen LogP contribution in [0.3, 0.4) is 0 Å². The molecule has 1 fully saturated rings. The molecule has 3 aliphatic rings. The van der Waals surface area contributed by atoms with Crippen LogP contribution in [0.1, 0.15) is 42.4 Å². The number of alkyl halides is 2. The second-order valence-corrected chi connectivity index (χ2v) is 9.65. The molecule has 0 radical (unpaired) electrons. The van der Waals surface area contributed by atoms with Gasteiger partial charge in [-0.3, -0.25) is 0 Å². The number of hydrogen-bond acceptors (Lipinski definition) is 2. The van der Waals surface area contributed by atoms with Crippen molar-refractivity contribution in [1.82, 2.24) is 5.32 Å². The van der Waals surface area contributed by atoms with Gasteiger partial charge < -0.3 is 10.6 Å². The summed E-state index contributed by atoms with van der Waals surface area (Å²) in [6.45, 7) is 3.99. The van der Waals surface area contributed by atoms with Crippen molar-refractivity contribution < 1.29 is 42.7 Å². The van der Waals surface area contributed by atoms with E-state index in [9.17, 15) is 0 Å². The van der Waals surface area contributed by atoms with Crippen LogP contribution in [0, 0.1) is 11.7 Å². The zero-order valence-corrected chi connectivity index (χ0v) is 22.6. The monoisotopic (exact) mass is 507 g/mol. The van der Waals surface area contributed by atoms with Gasteiger partial charge in [-0.15, -0.1) is 18.0 Å². The first-order valence-electron chi connectivity index (χ1n) is 12.2. The molecule has 37 heavy (non-hydrogen) atoms. The van der Waals surface area contributed by atoms with Crippen LogP contribution in [0.2, 0.25) is 0 Å². The third-order valence-corrected chi connectivity index (χ3v) is 7.12. The van der Waals surface area contributed by atoms with Crippen molar-refractivity contribution in [3.05, 3.63) is 118 Å². The molecule has 1 atom stereocenters. The van der Waals surface area contributed by atoms with Crippen molar-refractivity contribution >= 4 is 22.8 Å². The zero-order valence-electron chi connectivity index (χ0n) is 20.6. The Morgan fingerprint density at radius 1 is 0.973 bits per heavy atom. The van der Waals surface area contributed by atoms with Crippen LogP contribution in [0.5, 0.6) is 0 Å². The van der Waals surface area contributed by atoms with Crippen LogP contribution in [0.15, 0.2) is 95.6 Å². The standard InChI is InChI=1S/C30H25F3N3.Na/c1-18-22-14-15-30(32,33)29(21-12-13-21)36-28(22)23-16-26(24(31)17-25(23)34-18)35-27(19-8-4-2-5-9-19)20-10-6-3-7-11-20;/h2-11,16-17,21,29,36H,1,12-15H2;/q-1;+1. The topological polar surface area (TPSA) is 38.5 Å². The number of halogens is 3. The van der Waals surface area contributed by atoms with Gasteiger partial charge in [0.25, 0.3) is 5.92 Å². The molecule has 1 saturated carbocycles. The Labute approximate surface area is 236 Å². The van der Waals surface area contributed by atoms with E-state index >= 15 is 13.2 Å². The third-order valence-electron chi connectivity index (χ3n) is 7.12. The number of nitrogens with zero attached hydrogens (tertiary/aromatic N) is 2. The minimum absolute atomic E-state index is 0. The van der Waals surface area contributed by atoms with Crippen molar-refractivity contribution in [1.29, 1.82) is 0 Å². The molecule has 0 amide bonds. The number of rotatable bonds is 4. The molecule has 6 rings (SSSR count). The number of fused-ring (bicyclic) bond motifs is 2. The van der Waals surface area contributed by atoms with Crippen molar-refractivity contribution in [2.45, 2.75) is 37.6 Å². The number of allylic oxidation sites excluding steroid dienone is 1. The first-order chi connectivity index (χ1) is 17.4. The maximum Gasteiger partial charge on any atom is 1.00 e. The Kier molecular flexibility index (Phi) is 7.10. The zero-order chi connectivity index (χ0) is 24.9. The van der Waals surface area contributed by atoms with E-state index in [1.54, 1.807) is 6.07 Å². The average Bonchev–Trinajstić information content (AvgIpc) is 3.72. The van der Waals surface area contributed by atoms with Gasteiger partial charge in [0, 0.05) is 23.2 Å². The summed E-state index contributed by atoms with van der Waals surface area (Å²) >= 11 is 0. The predicted octanol–water partition coefficient (Wildman–Crippen LogP) is 5.04. The molecule has 0 saturated heterocycles. The molecule has 3 aromatic carbocycles. The van der Waals surface area contributed by atoms with E-state index in [1.165, 1.54) is 6.07 Å². The molecular formula is C30H25F3N3Na. The average molecular weight is 508 g/mol. The molecule has 0 spiro atoms. The summed E-state index contributed by atoms with van der Waals surface area (Å²) in [5.74, 6) is -3.44. The van der Waals surface area contributed by atoms with E-state index in [0.717, 1.165) is 24.0 Å². The van der Waals surface area contributed by atoms with Gasteiger partial charge in [-0.2, -0.15) is 0 Å². The van der Waals surface area contributed by atoms with Gasteiger partial charge in [0.15, 0.2) is 0 Å². The fourth-order valence-electron chi connectivity index (χ4n) is 5.09. The maximum atomic E-state index is 15.4. The normalized spacial score (nSPS) is 19.9. The van der Waals surface area contributed by atoms with Crippen molar-refractivity contribution in [2.75, 3.05) is 0 Å². The molecule has 0 bridgehead atoms. The minimum atomic E-state index is -2.84.